The van der Waals surface area contributed by atoms with Crippen molar-refractivity contribution in [2.75, 3.05) is 0 Å². The Balaban J connectivity index is 1.93. The smallest absolute Gasteiger partial charge is 0.0702 e. The lowest BCUT2D eigenvalue weighted by atomic mass is 10.1. The maximum atomic E-state index is 4.46. The first-order valence-electron chi connectivity index (χ1n) is 6.91. The molecule has 1 heterocycles. The standard InChI is InChI=1S/C17H21N/c1-2-3-4-5-6-7-10-15-13-16-11-8-9-12-17(16)18-14-15/h7-14H,2-6H2,1H3/b10-7+. The summed E-state index contributed by atoms with van der Waals surface area (Å²) in [6.45, 7) is 2.25. The van der Waals surface area contributed by atoms with Gasteiger partial charge in [-0.1, -0.05) is 56.5 Å². The highest BCUT2D eigenvalue weighted by molar-refractivity contribution is 5.80. The van der Waals surface area contributed by atoms with Crippen LogP contribution in [0.2, 0.25) is 0 Å². The molecule has 0 saturated heterocycles. The molecule has 1 heteroatoms. The molecular weight excluding hydrogens is 218 g/mol. The first-order valence-corrected chi connectivity index (χ1v) is 6.91. The van der Waals surface area contributed by atoms with Crippen molar-refractivity contribution in [1.82, 2.24) is 4.98 Å². The van der Waals surface area contributed by atoms with Crippen molar-refractivity contribution in [3.63, 3.8) is 0 Å². The van der Waals surface area contributed by atoms with Gasteiger partial charge in [-0.15, -0.1) is 0 Å². The van der Waals surface area contributed by atoms with E-state index in [0.717, 1.165) is 5.52 Å². The summed E-state index contributed by atoms with van der Waals surface area (Å²) in [5, 5.41) is 1.21. The third-order valence-electron chi connectivity index (χ3n) is 3.15. The Kier molecular flexibility index (Phi) is 4.95. The Morgan fingerprint density at radius 3 is 2.89 bits per heavy atom. The van der Waals surface area contributed by atoms with E-state index >= 15 is 0 Å². The molecule has 0 atom stereocenters. The Bertz CT molecular complexity index is 514. The van der Waals surface area contributed by atoms with Crippen LogP contribution in [0.4, 0.5) is 0 Å². The first kappa shape index (κ1) is 12.8. The summed E-state index contributed by atoms with van der Waals surface area (Å²) < 4.78 is 0. The number of pyridine rings is 1. The summed E-state index contributed by atoms with van der Waals surface area (Å²) in [5.74, 6) is 0. The molecule has 0 spiro atoms. The van der Waals surface area contributed by atoms with Gasteiger partial charge >= 0.3 is 0 Å². The Hall–Kier alpha value is -1.63. The zero-order valence-corrected chi connectivity index (χ0v) is 11.1. The molecule has 1 aromatic carbocycles. The fourth-order valence-electron chi connectivity index (χ4n) is 2.09. The van der Waals surface area contributed by atoms with Gasteiger partial charge in [-0.25, -0.2) is 0 Å². The average Bonchev–Trinajstić information content (AvgIpc) is 2.42. The van der Waals surface area contributed by atoms with Gasteiger partial charge in [0.05, 0.1) is 5.52 Å². The van der Waals surface area contributed by atoms with Crippen LogP contribution in [0.5, 0.6) is 0 Å². The zero-order chi connectivity index (χ0) is 12.6. The number of hydrogen-bond donors (Lipinski definition) is 0. The van der Waals surface area contributed by atoms with Gasteiger partial charge < -0.3 is 0 Å². The van der Waals surface area contributed by atoms with Gasteiger partial charge in [-0.2, -0.15) is 0 Å². The third-order valence-corrected chi connectivity index (χ3v) is 3.15. The maximum Gasteiger partial charge on any atom is 0.0702 e. The average molecular weight is 239 g/mol. The van der Waals surface area contributed by atoms with Crippen LogP contribution in [0.3, 0.4) is 0 Å². The van der Waals surface area contributed by atoms with E-state index in [1.807, 2.05) is 18.3 Å². The minimum Gasteiger partial charge on any atom is -0.256 e. The Morgan fingerprint density at radius 2 is 2.00 bits per heavy atom. The molecule has 0 amide bonds. The van der Waals surface area contributed by atoms with Gasteiger partial charge in [-0.3, -0.25) is 4.98 Å². The van der Waals surface area contributed by atoms with Crippen LogP contribution in [0.1, 0.15) is 44.6 Å². The largest absolute Gasteiger partial charge is 0.256 e. The summed E-state index contributed by atoms with van der Waals surface area (Å²) in [7, 11) is 0. The molecule has 0 fully saturated rings. The molecule has 0 aliphatic carbocycles. The van der Waals surface area contributed by atoms with Crippen molar-refractivity contribution >= 4 is 17.0 Å². The summed E-state index contributed by atoms with van der Waals surface area (Å²) in [6.07, 6.45) is 12.9. The molecule has 0 radical (unpaired) electrons. The molecule has 94 valence electrons. The number of benzene rings is 1. The lowest BCUT2D eigenvalue weighted by Crippen LogP contribution is -1.80. The minimum atomic E-state index is 1.07. The van der Waals surface area contributed by atoms with E-state index in [1.54, 1.807) is 0 Å². The number of nitrogens with zero attached hydrogens (tertiary/aromatic N) is 1. The van der Waals surface area contributed by atoms with Gasteiger partial charge in [0.2, 0.25) is 0 Å². The molecular formula is C17H21N. The number of allylic oxidation sites excluding steroid dienone is 1. The minimum absolute atomic E-state index is 1.07. The lowest BCUT2D eigenvalue weighted by molar-refractivity contribution is 0.675. The number of hydrogen-bond acceptors (Lipinski definition) is 1. The molecule has 0 unspecified atom stereocenters. The van der Waals surface area contributed by atoms with Crippen LogP contribution in [-0.4, -0.2) is 4.98 Å². The zero-order valence-electron chi connectivity index (χ0n) is 11.1. The maximum absolute atomic E-state index is 4.46. The molecule has 0 N–H and O–H groups in total. The van der Waals surface area contributed by atoms with E-state index in [-0.39, 0.29) is 0 Å². The van der Waals surface area contributed by atoms with Gasteiger partial charge in [0.25, 0.3) is 0 Å². The van der Waals surface area contributed by atoms with Crippen LogP contribution in [-0.2, 0) is 0 Å². The van der Waals surface area contributed by atoms with Gasteiger partial charge in [0.1, 0.15) is 0 Å². The molecule has 0 bridgehead atoms. The highest BCUT2D eigenvalue weighted by Gasteiger charge is 1.93. The van der Waals surface area contributed by atoms with E-state index in [9.17, 15) is 0 Å². The third kappa shape index (κ3) is 3.69. The summed E-state index contributed by atoms with van der Waals surface area (Å²) >= 11 is 0. The van der Waals surface area contributed by atoms with E-state index < -0.39 is 0 Å². The second-order valence-corrected chi connectivity index (χ2v) is 4.71. The monoisotopic (exact) mass is 239 g/mol. The molecule has 0 aliphatic heterocycles. The highest BCUT2D eigenvalue weighted by atomic mass is 14.6. The van der Waals surface area contributed by atoms with Crippen molar-refractivity contribution in [3.8, 4) is 0 Å². The normalized spacial score (nSPS) is 11.4. The van der Waals surface area contributed by atoms with Gasteiger partial charge in [0, 0.05) is 11.6 Å². The van der Waals surface area contributed by atoms with Crippen LogP contribution < -0.4 is 0 Å². The van der Waals surface area contributed by atoms with Crippen molar-refractivity contribution in [2.24, 2.45) is 0 Å². The molecule has 18 heavy (non-hydrogen) atoms. The second-order valence-electron chi connectivity index (χ2n) is 4.71. The van der Waals surface area contributed by atoms with E-state index in [2.05, 4.69) is 42.3 Å². The molecule has 0 saturated carbocycles. The Labute approximate surface area is 110 Å². The van der Waals surface area contributed by atoms with Crippen molar-refractivity contribution in [2.45, 2.75) is 39.0 Å². The molecule has 2 aromatic rings. The SMILES string of the molecule is CCCCCC/C=C/c1cnc2ccccc2c1. The van der Waals surface area contributed by atoms with E-state index in [1.165, 1.54) is 43.1 Å². The second kappa shape index (κ2) is 6.95. The van der Waals surface area contributed by atoms with Crippen LogP contribution >= 0.6 is 0 Å². The van der Waals surface area contributed by atoms with Crippen LogP contribution in [0.15, 0.2) is 42.6 Å². The van der Waals surface area contributed by atoms with Gasteiger partial charge in [0.15, 0.2) is 0 Å². The number of para-hydroxylation sites is 1. The predicted molar refractivity (Wildman–Crippen MR) is 79.5 cm³/mol. The highest BCUT2D eigenvalue weighted by Crippen LogP contribution is 2.14. The van der Waals surface area contributed by atoms with Crippen molar-refractivity contribution in [3.05, 3.63) is 48.2 Å². The van der Waals surface area contributed by atoms with Crippen LogP contribution in [0.25, 0.3) is 17.0 Å². The number of unbranched alkanes of at least 4 members (excludes halogenated alkanes) is 4. The number of aromatic nitrogens is 1. The topological polar surface area (TPSA) is 12.9 Å². The Morgan fingerprint density at radius 1 is 1.11 bits per heavy atom. The van der Waals surface area contributed by atoms with Crippen molar-refractivity contribution < 1.29 is 0 Å². The van der Waals surface area contributed by atoms with Gasteiger partial charge in [-0.05, 0) is 30.5 Å². The fraction of sp³-hybridized carbons (Fsp3) is 0.353. The van der Waals surface area contributed by atoms with E-state index in [4.69, 9.17) is 0 Å². The fourth-order valence-corrected chi connectivity index (χ4v) is 2.09. The summed E-state index contributed by atoms with van der Waals surface area (Å²) in [4.78, 5) is 4.46. The molecule has 1 nitrogen and oxygen atoms in total. The van der Waals surface area contributed by atoms with Crippen molar-refractivity contribution in [1.29, 1.82) is 0 Å². The predicted octanol–water partition coefficient (Wildman–Crippen LogP) is 5.22. The van der Waals surface area contributed by atoms with E-state index in [0.29, 0.717) is 0 Å². The number of rotatable bonds is 6. The van der Waals surface area contributed by atoms with Crippen LogP contribution in [0, 0.1) is 0 Å². The molecule has 2 rings (SSSR count). The lowest BCUT2D eigenvalue weighted by Gasteiger charge is -1.98. The number of fused-ring (bicyclic) bond motifs is 1. The quantitative estimate of drug-likeness (QED) is 0.630. The molecule has 1 aromatic heterocycles. The molecule has 0 aliphatic rings. The summed E-state index contributed by atoms with van der Waals surface area (Å²) in [6, 6.07) is 10.4. The summed E-state index contributed by atoms with van der Waals surface area (Å²) in [5.41, 5.74) is 2.27. The first-order chi connectivity index (χ1) is 8.90.